The van der Waals surface area contributed by atoms with Gasteiger partial charge in [-0.3, -0.25) is 4.79 Å². The van der Waals surface area contributed by atoms with Gasteiger partial charge in [-0.15, -0.1) is 0 Å². The molecule has 0 atom stereocenters. The molecule has 10 heteroatoms. The third kappa shape index (κ3) is 5.07. The molecule has 1 amide bonds. The van der Waals surface area contributed by atoms with E-state index in [2.05, 4.69) is 10.4 Å². The Kier molecular flexibility index (Phi) is 6.09. The Balaban J connectivity index is 1.78. The zero-order valence-corrected chi connectivity index (χ0v) is 15.5. The molecule has 0 saturated carbocycles. The van der Waals surface area contributed by atoms with Crippen molar-refractivity contribution >= 4 is 23.2 Å². The number of hydrogen-bond donors (Lipinski definition) is 2. The van der Waals surface area contributed by atoms with E-state index in [9.17, 15) is 18.0 Å². The summed E-state index contributed by atoms with van der Waals surface area (Å²) < 4.78 is 45.4. The first kappa shape index (κ1) is 20.7. The average molecular weight is 426 g/mol. The smallest absolute Gasteiger partial charge is 0.435 e. The normalized spacial score (nSPS) is 11.3. The fraction of sp³-hybridized carbons (Fsp3) is 0.158. The molecule has 0 aliphatic carbocycles. The van der Waals surface area contributed by atoms with Gasteiger partial charge in [0, 0.05) is 11.8 Å². The van der Waals surface area contributed by atoms with Crippen molar-refractivity contribution in [1.82, 2.24) is 9.78 Å². The Bertz CT molecular complexity index is 1000. The van der Waals surface area contributed by atoms with Gasteiger partial charge in [-0.2, -0.15) is 23.0 Å². The summed E-state index contributed by atoms with van der Waals surface area (Å²) in [5.74, 6) is -0.863. The minimum atomic E-state index is -4.69. The summed E-state index contributed by atoms with van der Waals surface area (Å²) in [5.41, 5.74) is 0.126. The number of amides is 1. The molecule has 0 saturated heterocycles. The lowest BCUT2D eigenvalue weighted by Gasteiger charge is -2.11. The largest absolute Gasteiger partial charge is 0.467 e. The summed E-state index contributed by atoms with van der Waals surface area (Å²) in [7, 11) is 0. The second kappa shape index (κ2) is 8.54. The molecule has 0 unspecified atom stereocenters. The van der Waals surface area contributed by atoms with Gasteiger partial charge in [-0.05, 0) is 29.8 Å². The second-order valence-electron chi connectivity index (χ2n) is 5.92. The summed E-state index contributed by atoms with van der Waals surface area (Å²) >= 11 is 6.05. The third-order valence-electron chi connectivity index (χ3n) is 3.82. The van der Waals surface area contributed by atoms with Crippen LogP contribution in [-0.2, 0) is 17.6 Å². The highest BCUT2D eigenvalue weighted by molar-refractivity contribution is 6.32. The molecule has 0 radical (unpaired) electrons. The summed E-state index contributed by atoms with van der Waals surface area (Å²) in [5, 5.41) is 15.3. The number of nitrogens with zero attached hydrogens (tertiary/aromatic N) is 2. The van der Waals surface area contributed by atoms with E-state index in [1.54, 1.807) is 36.4 Å². The highest BCUT2D eigenvalue weighted by Crippen LogP contribution is 2.33. The van der Waals surface area contributed by atoms with Gasteiger partial charge in [-0.25, -0.2) is 0 Å². The van der Waals surface area contributed by atoms with E-state index in [0.29, 0.717) is 17.3 Å². The lowest BCUT2D eigenvalue weighted by molar-refractivity contribution is -0.141. The van der Waals surface area contributed by atoms with Gasteiger partial charge in [0.1, 0.15) is 0 Å². The van der Waals surface area contributed by atoms with Crippen molar-refractivity contribution in [2.75, 3.05) is 11.9 Å². The number of alkyl halides is 3. The zero-order valence-electron chi connectivity index (χ0n) is 14.8. The van der Waals surface area contributed by atoms with Crippen LogP contribution >= 0.6 is 11.6 Å². The van der Waals surface area contributed by atoms with Crippen molar-refractivity contribution in [3.8, 4) is 11.6 Å². The van der Waals surface area contributed by atoms with Crippen molar-refractivity contribution in [1.29, 1.82) is 0 Å². The quantitative estimate of drug-likeness (QED) is 0.624. The first-order chi connectivity index (χ1) is 13.8. The molecule has 0 aliphatic heterocycles. The van der Waals surface area contributed by atoms with Gasteiger partial charge in [0.15, 0.2) is 12.3 Å². The predicted molar refractivity (Wildman–Crippen MR) is 100 cm³/mol. The van der Waals surface area contributed by atoms with Crippen LogP contribution in [0, 0.1) is 0 Å². The van der Waals surface area contributed by atoms with Crippen LogP contribution in [0.2, 0.25) is 5.02 Å². The topological polar surface area (TPSA) is 76.4 Å². The van der Waals surface area contributed by atoms with Crippen LogP contribution in [0.25, 0.3) is 5.69 Å². The van der Waals surface area contributed by atoms with Crippen molar-refractivity contribution in [3.05, 3.63) is 70.9 Å². The Morgan fingerprint density at radius 2 is 1.86 bits per heavy atom. The summed E-state index contributed by atoms with van der Waals surface area (Å²) in [6.45, 7) is -0.680. The van der Waals surface area contributed by atoms with Gasteiger partial charge in [0.25, 0.3) is 5.91 Å². The Hall–Kier alpha value is -3.04. The SMILES string of the molecule is O=C(COc1cc(C(F)(F)F)nn1-c1ccccc1Cl)Nc1ccc(CO)cc1. The van der Waals surface area contributed by atoms with Gasteiger partial charge in [0.05, 0.1) is 17.3 Å². The van der Waals surface area contributed by atoms with E-state index < -0.39 is 24.4 Å². The zero-order chi connectivity index (χ0) is 21.0. The fourth-order valence-corrected chi connectivity index (χ4v) is 2.65. The molecule has 29 heavy (non-hydrogen) atoms. The minimum absolute atomic E-state index is 0.134. The number of carbonyl (C=O) groups excluding carboxylic acids is 1. The molecular formula is C19H15ClF3N3O3. The van der Waals surface area contributed by atoms with E-state index in [-0.39, 0.29) is 23.2 Å². The molecule has 0 fully saturated rings. The number of benzene rings is 2. The predicted octanol–water partition coefficient (Wildman–Crippen LogP) is 4.05. The van der Waals surface area contributed by atoms with Gasteiger partial charge < -0.3 is 15.2 Å². The molecule has 3 aromatic rings. The van der Waals surface area contributed by atoms with E-state index in [1.165, 1.54) is 12.1 Å². The Morgan fingerprint density at radius 3 is 2.48 bits per heavy atom. The highest BCUT2D eigenvalue weighted by atomic mass is 35.5. The molecule has 0 aliphatic rings. The van der Waals surface area contributed by atoms with Gasteiger partial charge >= 0.3 is 6.18 Å². The molecule has 1 aromatic heterocycles. The lowest BCUT2D eigenvalue weighted by atomic mass is 10.2. The highest BCUT2D eigenvalue weighted by Gasteiger charge is 2.36. The first-order valence-corrected chi connectivity index (χ1v) is 8.70. The fourth-order valence-electron chi connectivity index (χ4n) is 2.43. The molecule has 0 spiro atoms. The number of anilines is 1. The van der Waals surface area contributed by atoms with Crippen molar-refractivity contribution < 1.29 is 27.8 Å². The number of rotatable bonds is 6. The molecule has 3 rings (SSSR count). The summed E-state index contributed by atoms with van der Waals surface area (Å²) in [4.78, 5) is 12.1. The molecule has 2 N–H and O–H groups in total. The first-order valence-electron chi connectivity index (χ1n) is 8.32. The molecule has 0 bridgehead atoms. The van der Waals surface area contributed by atoms with E-state index in [4.69, 9.17) is 21.4 Å². The Labute approximate surface area is 168 Å². The van der Waals surface area contributed by atoms with Crippen molar-refractivity contribution in [2.24, 2.45) is 0 Å². The molecule has 1 heterocycles. The van der Waals surface area contributed by atoms with Crippen LogP contribution in [0.4, 0.5) is 18.9 Å². The van der Waals surface area contributed by atoms with Crippen molar-refractivity contribution in [2.45, 2.75) is 12.8 Å². The maximum absolute atomic E-state index is 13.1. The number of hydrogen-bond acceptors (Lipinski definition) is 4. The van der Waals surface area contributed by atoms with Crippen LogP contribution in [-0.4, -0.2) is 27.4 Å². The van der Waals surface area contributed by atoms with Gasteiger partial charge in [-0.1, -0.05) is 35.9 Å². The maximum Gasteiger partial charge on any atom is 0.435 e. The third-order valence-corrected chi connectivity index (χ3v) is 4.14. The molecule has 152 valence electrons. The average Bonchev–Trinajstić information content (AvgIpc) is 3.12. The Morgan fingerprint density at radius 1 is 1.17 bits per heavy atom. The van der Waals surface area contributed by atoms with E-state index in [0.717, 1.165) is 4.68 Å². The monoisotopic (exact) mass is 425 g/mol. The minimum Gasteiger partial charge on any atom is -0.467 e. The van der Waals surface area contributed by atoms with E-state index in [1.807, 2.05) is 0 Å². The van der Waals surface area contributed by atoms with Gasteiger partial charge in [0.2, 0.25) is 5.88 Å². The number of ether oxygens (including phenoxy) is 1. The molecule has 6 nitrogen and oxygen atoms in total. The van der Waals surface area contributed by atoms with E-state index >= 15 is 0 Å². The number of para-hydroxylation sites is 1. The summed E-state index contributed by atoms with van der Waals surface area (Å²) in [6, 6.07) is 13.3. The number of halogens is 4. The number of aliphatic hydroxyl groups is 1. The molecular weight excluding hydrogens is 411 g/mol. The number of carbonyl (C=O) groups is 1. The summed E-state index contributed by atoms with van der Waals surface area (Å²) in [6.07, 6.45) is -4.69. The maximum atomic E-state index is 13.1. The van der Waals surface area contributed by atoms with Crippen LogP contribution in [0.3, 0.4) is 0 Å². The van der Waals surface area contributed by atoms with Crippen LogP contribution in [0.1, 0.15) is 11.3 Å². The standard InChI is InChI=1S/C19H15ClF3N3O3/c20-14-3-1-2-4-15(14)26-18(9-16(25-26)19(21,22)23)29-11-17(28)24-13-7-5-12(10-27)6-8-13/h1-9,27H,10-11H2,(H,24,28). The number of aromatic nitrogens is 2. The lowest BCUT2D eigenvalue weighted by Crippen LogP contribution is -2.21. The van der Waals surface area contributed by atoms with Crippen LogP contribution in [0.5, 0.6) is 5.88 Å². The second-order valence-corrected chi connectivity index (χ2v) is 6.33. The van der Waals surface area contributed by atoms with Crippen molar-refractivity contribution in [3.63, 3.8) is 0 Å². The molecule has 2 aromatic carbocycles. The number of nitrogens with one attached hydrogen (secondary N) is 1. The number of aliphatic hydroxyl groups excluding tert-OH is 1. The van der Waals surface area contributed by atoms with Crippen LogP contribution in [0.15, 0.2) is 54.6 Å². The van der Waals surface area contributed by atoms with Crippen LogP contribution < -0.4 is 10.1 Å².